The molecule has 0 unspecified atom stereocenters. The van der Waals surface area contributed by atoms with Gasteiger partial charge in [0.25, 0.3) is 0 Å². The monoisotopic (exact) mass is 438 g/mol. The fourth-order valence-electron chi connectivity index (χ4n) is 4.93. The zero-order chi connectivity index (χ0) is 23.0. The van der Waals surface area contributed by atoms with Crippen LogP contribution >= 0.6 is 0 Å². The normalized spacial score (nSPS) is 14.8. The van der Waals surface area contributed by atoms with Crippen LogP contribution < -0.4 is 5.32 Å². The van der Waals surface area contributed by atoms with Crippen molar-refractivity contribution in [1.82, 2.24) is 19.9 Å². The number of rotatable bonds is 6. The van der Waals surface area contributed by atoms with Gasteiger partial charge in [-0.25, -0.2) is 9.50 Å². The summed E-state index contributed by atoms with van der Waals surface area (Å²) in [4.78, 5) is 16.9. The van der Waals surface area contributed by atoms with Crippen LogP contribution in [-0.4, -0.2) is 20.5 Å². The lowest BCUT2D eigenvalue weighted by molar-refractivity contribution is -0.122. The van der Waals surface area contributed by atoms with Gasteiger partial charge in [-0.05, 0) is 49.3 Å². The summed E-state index contributed by atoms with van der Waals surface area (Å²) in [5.74, 6) is 0.0235. The van der Waals surface area contributed by atoms with Gasteiger partial charge in [0, 0.05) is 18.1 Å². The van der Waals surface area contributed by atoms with Crippen molar-refractivity contribution in [2.45, 2.75) is 58.4 Å². The van der Waals surface area contributed by atoms with E-state index < -0.39 is 0 Å². The maximum Gasteiger partial charge on any atom is 0.217 e. The Bertz CT molecular complexity index is 1300. The molecule has 1 aliphatic rings. The highest BCUT2D eigenvalue weighted by atomic mass is 16.1. The Labute approximate surface area is 194 Å². The number of carbonyl (C=O) groups is 1. The van der Waals surface area contributed by atoms with Gasteiger partial charge in [-0.1, -0.05) is 68.4 Å². The first-order chi connectivity index (χ1) is 16.0. The minimum atomic E-state index is -0.224. The topological polar surface area (TPSA) is 59.3 Å². The van der Waals surface area contributed by atoms with E-state index in [0.29, 0.717) is 0 Å². The van der Waals surface area contributed by atoms with Crippen LogP contribution in [0.2, 0.25) is 0 Å². The molecule has 1 saturated carbocycles. The highest BCUT2D eigenvalue weighted by Gasteiger charge is 2.39. The van der Waals surface area contributed by atoms with Crippen molar-refractivity contribution in [3.05, 3.63) is 77.5 Å². The van der Waals surface area contributed by atoms with Crippen LogP contribution in [0.3, 0.4) is 0 Å². The van der Waals surface area contributed by atoms with E-state index in [4.69, 9.17) is 10.1 Å². The van der Waals surface area contributed by atoms with Crippen molar-refractivity contribution in [3.63, 3.8) is 0 Å². The summed E-state index contributed by atoms with van der Waals surface area (Å²) < 4.78 is 2.03. The van der Waals surface area contributed by atoms with Gasteiger partial charge in [0.05, 0.1) is 16.9 Å². The number of aromatic nitrogens is 3. The first-order valence-corrected chi connectivity index (χ1v) is 11.9. The summed E-state index contributed by atoms with van der Waals surface area (Å²) in [7, 11) is 0. The van der Waals surface area contributed by atoms with E-state index in [1.807, 2.05) is 10.6 Å². The zero-order valence-electron chi connectivity index (χ0n) is 19.6. The third-order valence-electron chi connectivity index (χ3n) is 6.83. The maximum absolute atomic E-state index is 11.8. The first kappa shape index (κ1) is 21.4. The minimum absolute atomic E-state index is 0.0235. The Morgan fingerprint density at radius 3 is 2.30 bits per heavy atom. The van der Waals surface area contributed by atoms with E-state index in [1.165, 1.54) is 11.1 Å². The second-order valence-electron chi connectivity index (χ2n) is 8.97. The molecule has 4 aromatic rings. The molecule has 0 saturated heterocycles. The van der Waals surface area contributed by atoms with Crippen molar-refractivity contribution in [2.75, 3.05) is 0 Å². The molecule has 0 radical (unpaired) electrons. The second-order valence-corrected chi connectivity index (χ2v) is 8.97. The van der Waals surface area contributed by atoms with Crippen LogP contribution in [0.15, 0.2) is 60.7 Å². The lowest BCUT2D eigenvalue weighted by Gasteiger charge is -2.43. The third kappa shape index (κ3) is 3.71. The molecule has 1 fully saturated rings. The number of carbonyl (C=O) groups excluding carboxylic acids is 1. The third-order valence-corrected chi connectivity index (χ3v) is 6.83. The number of aryl methyl sites for hydroxylation is 2. The fourth-order valence-corrected chi connectivity index (χ4v) is 4.93. The molecule has 5 heteroatoms. The van der Waals surface area contributed by atoms with Crippen LogP contribution in [-0.2, 0) is 23.2 Å². The molecule has 1 aliphatic carbocycles. The van der Waals surface area contributed by atoms with Gasteiger partial charge in [-0.3, -0.25) is 4.79 Å². The Morgan fingerprint density at radius 1 is 1.00 bits per heavy atom. The molecule has 1 N–H and O–H groups in total. The van der Waals surface area contributed by atoms with E-state index in [9.17, 15) is 4.79 Å². The number of nitrogens with zero attached hydrogens (tertiary/aromatic N) is 3. The molecule has 33 heavy (non-hydrogen) atoms. The number of amides is 1. The average Bonchev–Trinajstić information content (AvgIpc) is 3.20. The Morgan fingerprint density at radius 2 is 1.73 bits per heavy atom. The van der Waals surface area contributed by atoms with Crippen molar-refractivity contribution >= 4 is 11.6 Å². The number of benzene rings is 2. The summed E-state index contributed by atoms with van der Waals surface area (Å²) in [6.45, 7) is 5.90. The Kier molecular flexibility index (Phi) is 5.49. The number of fused-ring (bicyclic) bond motifs is 1. The van der Waals surface area contributed by atoms with Crippen LogP contribution in [0.1, 0.15) is 56.9 Å². The number of hydrogen-bond donors (Lipinski definition) is 1. The number of hydrogen-bond acceptors (Lipinski definition) is 3. The molecule has 2 heterocycles. The van der Waals surface area contributed by atoms with Gasteiger partial charge in [-0.15, -0.1) is 0 Å². The van der Waals surface area contributed by atoms with Crippen LogP contribution in [0.25, 0.3) is 28.2 Å². The predicted molar refractivity (Wildman–Crippen MR) is 132 cm³/mol. The quantitative estimate of drug-likeness (QED) is 0.420. The molecule has 2 aromatic heterocycles. The van der Waals surface area contributed by atoms with Gasteiger partial charge < -0.3 is 5.32 Å². The Balaban J connectivity index is 1.67. The second kappa shape index (κ2) is 8.47. The van der Waals surface area contributed by atoms with E-state index in [1.54, 1.807) is 6.92 Å². The first-order valence-electron chi connectivity index (χ1n) is 11.9. The zero-order valence-corrected chi connectivity index (χ0v) is 19.6. The van der Waals surface area contributed by atoms with Crippen molar-refractivity contribution in [3.8, 4) is 22.5 Å². The molecular formula is C28H30N4O. The van der Waals surface area contributed by atoms with Crippen molar-refractivity contribution in [1.29, 1.82) is 0 Å². The summed E-state index contributed by atoms with van der Waals surface area (Å²) in [5, 5.41) is 8.13. The largest absolute Gasteiger partial charge is 0.347 e. The van der Waals surface area contributed by atoms with Crippen molar-refractivity contribution < 1.29 is 4.79 Å². The van der Waals surface area contributed by atoms with E-state index >= 15 is 0 Å². The van der Waals surface area contributed by atoms with Crippen molar-refractivity contribution in [2.24, 2.45) is 0 Å². The van der Waals surface area contributed by atoms with Gasteiger partial charge in [0.1, 0.15) is 5.69 Å². The van der Waals surface area contributed by atoms with Gasteiger partial charge in [-0.2, -0.15) is 5.10 Å². The van der Waals surface area contributed by atoms with E-state index in [-0.39, 0.29) is 11.4 Å². The highest BCUT2D eigenvalue weighted by Crippen LogP contribution is 2.42. The average molecular weight is 439 g/mol. The van der Waals surface area contributed by atoms with E-state index in [2.05, 4.69) is 73.8 Å². The highest BCUT2D eigenvalue weighted by molar-refractivity contribution is 5.82. The number of nitrogens with one attached hydrogen (secondary N) is 1. The molecule has 168 valence electrons. The minimum Gasteiger partial charge on any atom is -0.347 e. The summed E-state index contributed by atoms with van der Waals surface area (Å²) in [5.41, 5.74) is 8.24. The molecule has 2 aromatic carbocycles. The fraction of sp³-hybridized carbons (Fsp3) is 0.321. The van der Waals surface area contributed by atoms with Crippen LogP contribution in [0, 0.1) is 0 Å². The molecule has 0 aliphatic heterocycles. The standard InChI is InChI=1S/C28H30N4O/c1-4-20-18-24(5-2)31-32-26(22-10-7-6-8-11-22)25(29-27(20)32)21-12-14-23(15-13-21)28(16-9-17-28)30-19(3)33/h6-8,10-15,18H,4-5,9,16-17H2,1-3H3,(H,30,33). The van der Waals surface area contributed by atoms with Gasteiger partial charge >= 0.3 is 0 Å². The molecular weight excluding hydrogens is 408 g/mol. The summed E-state index contributed by atoms with van der Waals surface area (Å²) in [6.07, 6.45) is 4.89. The SMILES string of the molecule is CCc1cc(CC)c2nc(-c3ccc(C4(NC(C)=O)CCC4)cc3)c(-c3ccccc3)n2n1. The number of imidazole rings is 1. The van der Waals surface area contributed by atoms with Crippen LogP contribution in [0.5, 0.6) is 0 Å². The van der Waals surface area contributed by atoms with Gasteiger partial charge in [0.15, 0.2) is 5.65 Å². The summed E-state index contributed by atoms with van der Waals surface area (Å²) in [6, 6.07) is 21.1. The predicted octanol–water partition coefficient (Wildman–Crippen LogP) is 5.70. The molecule has 5 rings (SSSR count). The lowest BCUT2D eigenvalue weighted by atomic mass is 9.71. The summed E-state index contributed by atoms with van der Waals surface area (Å²) >= 11 is 0. The Hall–Kier alpha value is -3.47. The van der Waals surface area contributed by atoms with E-state index in [0.717, 1.165) is 66.0 Å². The molecule has 5 nitrogen and oxygen atoms in total. The lowest BCUT2D eigenvalue weighted by Crippen LogP contribution is -2.50. The molecule has 0 atom stereocenters. The maximum atomic E-state index is 11.8. The molecule has 0 spiro atoms. The van der Waals surface area contributed by atoms with Crippen LogP contribution in [0.4, 0.5) is 0 Å². The molecule has 1 amide bonds. The smallest absolute Gasteiger partial charge is 0.217 e. The molecule has 0 bridgehead atoms. The van der Waals surface area contributed by atoms with Gasteiger partial charge in [0.2, 0.25) is 5.91 Å².